The van der Waals surface area contributed by atoms with Crippen molar-refractivity contribution in [2.45, 2.75) is 64.8 Å². The third-order valence-corrected chi connectivity index (χ3v) is 4.99. The van der Waals surface area contributed by atoms with Crippen LogP contribution in [-0.2, 0) is 9.59 Å². The SMILES string of the molecule is CC[C@@H]1C(=O)NCCN1C(=O)C[C@H](C)C1CCCCC1. The number of piperazine rings is 1. The van der Waals surface area contributed by atoms with E-state index in [2.05, 4.69) is 12.2 Å². The monoisotopic (exact) mass is 280 g/mol. The predicted octanol–water partition coefficient (Wildman–Crippen LogP) is 2.33. The Morgan fingerprint density at radius 3 is 2.70 bits per heavy atom. The lowest BCUT2D eigenvalue weighted by Gasteiger charge is -2.36. The molecule has 0 radical (unpaired) electrons. The molecule has 2 fully saturated rings. The van der Waals surface area contributed by atoms with Crippen molar-refractivity contribution < 1.29 is 9.59 Å². The molecule has 1 saturated heterocycles. The largest absolute Gasteiger partial charge is 0.353 e. The number of carbonyl (C=O) groups is 2. The molecule has 2 rings (SSSR count). The third-order valence-electron chi connectivity index (χ3n) is 4.99. The number of hydrogen-bond donors (Lipinski definition) is 1. The Morgan fingerprint density at radius 1 is 1.35 bits per heavy atom. The van der Waals surface area contributed by atoms with Crippen molar-refractivity contribution in [3.05, 3.63) is 0 Å². The van der Waals surface area contributed by atoms with Gasteiger partial charge in [-0.3, -0.25) is 9.59 Å². The van der Waals surface area contributed by atoms with Gasteiger partial charge in [-0.15, -0.1) is 0 Å². The Kier molecular flexibility index (Phi) is 5.44. The lowest BCUT2D eigenvalue weighted by molar-refractivity contribution is -0.144. The minimum Gasteiger partial charge on any atom is -0.353 e. The molecule has 0 unspecified atom stereocenters. The average molecular weight is 280 g/mol. The van der Waals surface area contributed by atoms with E-state index in [9.17, 15) is 9.59 Å². The van der Waals surface area contributed by atoms with Gasteiger partial charge in [-0.2, -0.15) is 0 Å². The highest BCUT2D eigenvalue weighted by molar-refractivity contribution is 5.88. The summed E-state index contributed by atoms with van der Waals surface area (Å²) in [6, 6.07) is -0.255. The topological polar surface area (TPSA) is 49.4 Å². The van der Waals surface area contributed by atoms with Gasteiger partial charge in [-0.05, 0) is 18.3 Å². The molecule has 114 valence electrons. The molecular formula is C16H28N2O2. The van der Waals surface area contributed by atoms with Gasteiger partial charge in [-0.25, -0.2) is 0 Å². The minimum atomic E-state index is -0.255. The predicted molar refractivity (Wildman–Crippen MR) is 79.2 cm³/mol. The minimum absolute atomic E-state index is 0.0115. The molecule has 0 aromatic rings. The van der Waals surface area contributed by atoms with Gasteiger partial charge in [-0.1, -0.05) is 46.0 Å². The van der Waals surface area contributed by atoms with Crippen LogP contribution in [0.4, 0.5) is 0 Å². The van der Waals surface area contributed by atoms with E-state index in [0.29, 0.717) is 37.8 Å². The fraction of sp³-hybridized carbons (Fsp3) is 0.875. The smallest absolute Gasteiger partial charge is 0.242 e. The summed E-state index contributed by atoms with van der Waals surface area (Å²) in [7, 11) is 0. The number of hydrogen-bond acceptors (Lipinski definition) is 2. The summed E-state index contributed by atoms with van der Waals surface area (Å²) in [4.78, 5) is 26.1. The summed E-state index contributed by atoms with van der Waals surface area (Å²) in [6.07, 6.45) is 7.82. The molecule has 0 bridgehead atoms. The van der Waals surface area contributed by atoms with E-state index < -0.39 is 0 Å². The number of amides is 2. The van der Waals surface area contributed by atoms with Crippen LogP contribution in [0.3, 0.4) is 0 Å². The van der Waals surface area contributed by atoms with Crippen LogP contribution in [0.15, 0.2) is 0 Å². The normalized spacial score (nSPS) is 26.2. The summed E-state index contributed by atoms with van der Waals surface area (Å²) in [5.74, 6) is 1.33. The van der Waals surface area contributed by atoms with E-state index in [0.717, 1.165) is 0 Å². The third kappa shape index (κ3) is 3.53. The first-order chi connectivity index (χ1) is 9.63. The Balaban J connectivity index is 1.90. The van der Waals surface area contributed by atoms with Crippen LogP contribution in [0.5, 0.6) is 0 Å². The van der Waals surface area contributed by atoms with Gasteiger partial charge in [0.15, 0.2) is 0 Å². The van der Waals surface area contributed by atoms with E-state index in [1.807, 2.05) is 6.92 Å². The maximum atomic E-state index is 12.5. The number of carbonyl (C=O) groups excluding carboxylic acids is 2. The fourth-order valence-electron chi connectivity index (χ4n) is 3.68. The van der Waals surface area contributed by atoms with Gasteiger partial charge in [0.1, 0.15) is 6.04 Å². The van der Waals surface area contributed by atoms with Gasteiger partial charge in [0.2, 0.25) is 11.8 Å². The fourth-order valence-corrected chi connectivity index (χ4v) is 3.68. The van der Waals surface area contributed by atoms with Crippen molar-refractivity contribution >= 4 is 11.8 Å². The second kappa shape index (κ2) is 7.09. The molecule has 1 N–H and O–H groups in total. The molecule has 4 nitrogen and oxygen atoms in total. The van der Waals surface area contributed by atoms with E-state index in [-0.39, 0.29) is 17.9 Å². The highest BCUT2D eigenvalue weighted by Crippen LogP contribution is 2.32. The number of nitrogens with zero attached hydrogens (tertiary/aromatic N) is 1. The Labute approximate surface area is 122 Å². The Morgan fingerprint density at radius 2 is 2.05 bits per heavy atom. The van der Waals surface area contributed by atoms with Gasteiger partial charge < -0.3 is 10.2 Å². The van der Waals surface area contributed by atoms with Crippen molar-refractivity contribution in [2.75, 3.05) is 13.1 Å². The molecule has 2 amide bonds. The van der Waals surface area contributed by atoms with Crippen molar-refractivity contribution in [1.82, 2.24) is 10.2 Å². The molecule has 2 atom stereocenters. The highest BCUT2D eigenvalue weighted by Gasteiger charge is 2.33. The van der Waals surface area contributed by atoms with Crippen molar-refractivity contribution in [3.8, 4) is 0 Å². The zero-order valence-corrected chi connectivity index (χ0v) is 12.9. The van der Waals surface area contributed by atoms with Crippen molar-refractivity contribution in [1.29, 1.82) is 0 Å². The average Bonchev–Trinajstić information content (AvgIpc) is 2.47. The van der Waals surface area contributed by atoms with E-state index in [1.165, 1.54) is 32.1 Å². The zero-order valence-electron chi connectivity index (χ0n) is 12.9. The van der Waals surface area contributed by atoms with E-state index in [4.69, 9.17) is 0 Å². The molecule has 0 aromatic heterocycles. The zero-order chi connectivity index (χ0) is 14.5. The maximum absolute atomic E-state index is 12.5. The molecule has 4 heteroatoms. The van der Waals surface area contributed by atoms with Crippen molar-refractivity contribution in [2.24, 2.45) is 11.8 Å². The molecule has 2 aliphatic rings. The van der Waals surface area contributed by atoms with Crippen molar-refractivity contribution in [3.63, 3.8) is 0 Å². The van der Waals surface area contributed by atoms with Crippen LogP contribution in [0.25, 0.3) is 0 Å². The van der Waals surface area contributed by atoms with E-state index in [1.54, 1.807) is 4.90 Å². The van der Waals surface area contributed by atoms with Crippen LogP contribution in [-0.4, -0.2) is 35.8 Å². The maximum Gasteiger partial charge on any atom is 0.242 e. The van der Waals surface area contributed by atoms with Crippen LogP contribution in [0.1, 0.15) is 58.8 Å². The summed E-state index contributed by atoms with van der Waals surface area (Å²) in [5.41, 5.74) is 0. The summed E-state index contributed by atoms with van der Waals surface area (Å²) >= 11 is 0. The van der Waals surface area contributed by atoms with Gasteiger partial charge in [0.25, 0.3) is 0 Å². The second-order valence-electron chi connectivity index (χ2n) is 6.38. The number of nitrogens with one attached hydrogen (secondary N) is 1. The van der Waals surface area contributed by atoms with Crippen LogP contribution < -0.4 is 5.32 Å². The molecule has 1 aliphatic heterocycles. The summed E-state index contributed by atoms with van der Waals surface area (Å²) < 4.78 is 0. The molecule has 0 aromatic carbocycles. The standard InChI is InChI=1S/C16H28N2O2/c1-3-14-16(20)17-9-10-18(14)15(19)11-12(2)13-7-5-4-6-8-13/h12-14H,3-11H2,1-2H3,(H,17,20)/t12-,14+/m0/s1. The molecule has 1 aliphatic carbocycles. The first-order valence-electron chi connectivity index (χ1n) is 8.20. The Bertz CT molecular complexity index is 350. The van der Waals surface area contributed by atoms with Gasteiger partial charge in [0.05, 0.1) is 0 Å². The molecule has 1 saturated carbocycles. The summed E-state index contributed by atoms with van der Waals surface area (Å²) in [5, 5.41) is 2.85. The molecular weight excluding hydrogens is 252 g/mol. The lowest BCUT2D eigenvalue weighted by Crippen LogP contribution is -2.57. The number of rotatable bonds is 4. The van der Waals surface area contributed by atoms with Gasteiger partial charge in [0, 0.05) is 19.5 Å². The van der Waals surface area contributed by atoms with Crippen LogP contribution in [0.2, 0.25) is 0 Å². The first kappa shape index (κ1) is 15.3. The lowest BCUT2D eigenvalue weighted by atomic mass is 9.79. The van der Waals surface area contributed by atoms with Crippen LogP contribution >= 0.6 is 0 Å². The molecule has 1 heterocycles. The van der Waals surface area contributed by atoms with E-state index >= 15 is 0 Å². The summed E-state index contributed by atoms with van der Waals surface area (Å²) in [6.45, 7) is 5.44. The quantitative estimate of drug-likeness (QED) is 0.859. The first-order valence-corrected chi connectivity index (χ1v) is 8.20. The van der Waals surface area contributed by atoms with Gasteiger partial charge >= 0.3 is 0 Å². The van der Waals surface area contributed by atoms with Crippen LogP contribution in [0, 0.1) is 11.8 Å². The molecule has 20 heavy (non-hydrogen) atoms. The Hall–Kier alpha value is -1.06. The molecule has 0 spiro atoms. The second-order valence-corrected chi connectivity index (χ2v) is 6.38. The highest BCUT2D eigenvalue weighted by atomic mass is 16.2.